The standard InChI is InChI=1S/C22H26ClN5OS/c1-3-29-20-7-5-4-6-19(20)27-14-12-26(13-15-27)16-28-22(30)25(2)21(24-28)17-8-10-18(23)11-9-17/h4-11H,3,12-16H2,1-2H3. The van der Waals surface area contributed by atoms with Gasteiger partial charge in [-0.05, 0) is 55.5 Å². The smallest absolute Gasteiger partial charge is 0.199 e. The Hall–Kier alpha value is -2.35. The number of ether oxygens (including phenoxy) is 1. The van der Waals surface area contributed by atoms with Crippen LogP contribution in [0.15, 0.2) is 48.5 Å². The van der Waals surface area contributed by atoms with Crippen LogP contribution in [0.4, 0.5) is 5.69 Å². The predicted molar refractivity (Wildman–Crippen MR) is 124 cm³/mol. The SMILES string of the molecule is CCOc1ccccc1N1CCN(Cn2nc(-c3ccc(Cl)cc3)n(C)c2=S)CC1. The molecule has 0 saturated carbocycles. The number of para-hydroxylation sites is 2. The number of anilines is 1. The van der Waals surface area contributed by atoms with Gasteiger partial charge in [-0.1, -0.05) is 23.7 Å². The summed E-state index contributed by atoms with van der Waals surface area (Å²) in [7, 11) is 1.96. The molecule has 1 saturated heterocycles. The first-order valence-electron chi connectivity index (χ1n) is 10.2. The fraction of sp³-hybridized carbons (Fsp3) is 0.364. The van der Waals surface area contributed by atoms with Crippen LogP contribution < -0.4 is 9.64 Å². The second-order valence-corrected chi connectivity index (χ2v) is 8.12. The summed E-state index contributed by atoms with van der Waals surface area (Å²) in [4.78, 5) is 4.77. The molecule has 0 aliphatic carbocycles. The van der Waals surface area contributed by atoms with E-state index in [0.717, 1.165) is 43.3 Å². The largest absolute Gasteiger partial charge is 0.492 e. The third-order valence-electron chi connectivity index (χ3n) is 5.36. The molecule has 0 N–H and O–H groups in total. The van der Waals surface area contributed by atoms with Crippen molar-refractivity contribution in [2.24, 2.45) is 7.05 Å². The van der Waals surface area contributed by atoms with Crippen molar-refractivity contribution in [3.8, 4) is 17.1 Å². The number of piperazine rings is 1. The van der Waals surface area contributed by atoms with Gasteiger partial charge in [0.1, 0.15) is 5.75 Å². The lowest BCUT2D eigenvalue weighted by atomic mass is 10.2. The van der Waals surface area contributed by atoms with Gasteiger partial charge in [0.05, 0.1) is 19.0 Å². The van der Waals surface area contributed by atoms with E-state index in [-0.39, 0.29) is 0 Å². The summed E-state index contributed by atoms with van der Waals surface area (Å²) in [6.45, 7) is 7.13. The van der Waals surface area contributed by atoms with E-state index in [1.54, 1.807) is 0 Å². The van der Waals surface area contributed by atoms with Crippen molar-refractivity contribution in [1.29, 1.82) is 0 Å². The number of aromatic nitrogens is 3. The maximum atomic E-state index is 6.02. The van der Waals surface area contributed by atoms with Crippen LogP contribution in [-0.4, -0.2) is 52.0 Å². The van der Waals surface area contributed by atoms with Crippen LogP contribution in [0.5, 0.6) is 5.75 Å². The fourth-order valence-corrected chi connectivity index (χ4v) is 4.06. The molecule has 0 bridgehead atoms. The summed E-state index contributed by atoms with van der Waals surface area (Å²) >= 11 is 11.7. The highest BCUT2D eigenvalue weighted by atomic mass is 35.5. The van der Waals surface area contributed by atoms with Gasteiger partial charge in [-0.2, -0.15) is 5.10 Å². The second-order valence-electron chi connectivity index (χ2n) is 7.32. The van der Waals surface area contributed by atoms with Gasteiger partial charge in [0.2, 0.25) is 0 Å². The molecule has 0 unspecified atom stereocenters. The van der Waals surface area contributed by atoms with E-state index in [9.17, 15) is 0 Å². The van der Waals surface area contributed by atoms with Crippen LogP contribution in [0.25, 0.3) is 11.4 Å². The van der Waals surface area contributed by atoms with Gasteiger partial charge in [0, 0.05) is 43.8 Å². The molecule has 0 spiro atoms. The van der Waals surface area contributed by atoms with Crippen LogP contribution in [0, 0.1) is 4.77 Å². The molecule has 1 aromatic heterocycles. The first kappa shape index (κ1) is 20.9. The quantitative estimate of drug-likeness (QED) is 0.526. The van der Waals surface area contributed by atoms with Gasteiger partial charge >= 0.3 is 0 Å². The number of nitrogens with zero attached hydrogens (tertiary/aromatic N) is 5. The molecule has 0 radical (unpaired) electrons. The summed E-state index contributed by atoms with van der Waals surface area (Å²) in [6, 6.07) is 15.9. The number of rotatable bonds is 6. The second kappa shape index (κ2) is 9.20. The zero-order valence-corrected chi connectivity index (χ0v) is 18.9. The van der Waals surface area contributed by atoms with E-state index in [1.165, 1.54) is 5.69 Å². The maximum absolute atomic E-state index is 6.02. The lowest BCUT2D eigenvalue weighted by molar-refractivity contribution is 0.194. The van der Waals surface area contributed by atoms with E-state index in [4.69, 9.17) is 33.7 Å². The molecule has 30 heavy (non-hydrogen) atoms. The number of hydrogen-bond acceptors (Lipinski definition) is 5. The van der Waals surface area contributed by atoms with Gasteiger partial charge in [0.25, 0.3) is 0 Å². The summed E-state index contributed by atoms with van der Waals surface area (Å²) < 4.78 is 10.4. The molecule has 158 valence electrons. The minimum Gasteiger partial charge on any atom is -0.492 e. The van der Waals surface area contributed by atoms with Crippen molar-refractivity contribution in [2.45, 2.75) is 13.6 Å². The summed E-state index contributed by atoms with van der Waals surface area (Å²) in [6.07, 6.45) is 0. The minimum atomic E-state index is 0.671. The van der Waals surface area contributed by atoms with Crippen molar-refractivity contribution >= 4 is 29.5 Å². The molecule has 8 heteroatoms. The highest BCUT2D eigenvalue weighted by Crippen LogP contribution is 2.29. The zero-order valence-electron chi connectivity index (χ0n) is 17.3. The molecule has 1 aliphatic rings. The predicted octanol–water partition coefficient (Wildman–Crippen LogP) is 4.45. The molecule has 4 rings (SSSR count). The van der Waals surface area contributed by atoms with Gasteiger partial charge in [0.15, 0.2) is 10.6 Å². The van der Waals surface area contributed by atoms with Crippen LogP contribution in [0.1, 0.15) is 6.92 Å². The minimum absolute atomic E-state index is 0.671. The van der Waals surface area contributed by atoms with Crippen LogP contribution >= 0.6 is 23.8 Å². The molecular weight excluding hydrogens is 418 g/mol. The Morgan fingerprint density at radius 1 is 1.03 bits per heavy atom. The molecule has 1 aliphatic heterocycles. The topological polar surface area (TPSA) is 38.5 Å². The van der Waals surface area contributed by atoms with Crippen molar-refractivity contribution in [1.82, 2.24) is 19.2 Å². The fourth-order valence-electron chi connectivity index (χ4n) is 3.75. The summed E-state index contributed by atoms with van der Waals surface area (Å²) in [5.41, 5.74) is 2.17. The van der Waals surface area contributed by atoms with E-state index < -0.39 is 0 Å². The molecule has 0 atom stereocenters. The Labute approximate surface area is 187 Å². The highest BCUT2D eigenvalue weighted by Gasteiger charge is 2.21. The van der Waals surface area contributed by atoms with Crippen LogP contribution in [-0.2, 0) is 13.7 Å². The molecular formula is C22H26ClN5OS. The van der Waals surface area contributed by atoms with Gasteiger partial charge < -0.3 is 14.2 Å². The normalized spacial score (nSPS) is 14.8. The number of halogens is 1. The Morgan fingerprint density at radius 2 is 1.73 bits per heavy atom. The van der Waals surface area contributed by atoms with Crippen molar-refractivity contribution in [3.63, 3.8) is 0 Å². The third kappa shape index (κ3) is 4.38. The molecule has 0 amide bonds. The van der Waals surface area contributed by atoms with Crippen molar-refractivity contribution in [3.05, 3.63) is 58.3 Å². The lowest BCUT2D eigenvalue weighted by Crippen LogP contribution is -2.47. The first-order valence-corrected chi connectivity index (χ1v) is 10.9. The Bertz CT molecular complexity index is 1050. The Kier molecular flexibility index (Phi) is 6.41. The van der Waals surface area contributed by atoms with E-state index in [1.807, 2.05) is 59.6 Å². The first-order chi connectivity index (χ1) is 14.6. The van der Waals surface area contributed by atoms with E-state index in [0.29, 0.717) is 23.1 Å². The highest BCUT2D eigenvalue weighted by molar-refractivity contribution is 7.71. The van der Waals surface area contributed by atoms with Crippen molar-refractivity contribution < 1.29 is 4.74 Å². The van der Waals surface area contributed by atoms with E-state index in [2.05, 4.69) is 21.9 Å². The van der Waals surface area contributed by atoms with Gasteiger partial charge in [-0.15, -0.1) is 0 Å². The summed E-state index contributed by atoms with van der Waals surface area (Å²) in [5.74, 6) is 1.80. The van der Waals surface area contributed by atoms with Crippen LogP contribution in [0.3, 0.4) is 0 Å². The lowest BCUT2D eigenvalue weighted by Gasteiger charge is -2.36. The van der Waals surface area contributed by atoms with Crippen LogP contribution in [0.2, 0.25) is 5.02 Å². The Balaban J connectivity index is 1.44. The van der Waals surface area contributed by atoms with Crippen molar-refractivity contribution in [2.75, 3.05) is 37.7 Å². The maximum Gasteiger partial charge on any atom is 0.199 e. The molecule has 6 nitrogen and oxygen atoms in total. The molecule has 2 heterocycles. The van der Waals surface area contributed by atoms with Gasteiger partial charge in [-0.3, -0.25) is 4.90 Å². The number of hydrogen-bond donors (Lipinski definition) is 0. The average molecular weight is 444 g/mol. The zero-order chi connectivity index (χ0) is 21.1. The Morgan fingerprint density at radius 3 is 2.43 bits per heavy atom. The molecule has 1 fully saturated rings. The molecule has 3 aromatic rings. The number of benzene rings is 2. The third-order valence-corrected chi connectivity index (χ3v) is 6.09. The van der Waals surface area contributed by atoms with Gasteiger partial charge in [-0.25, -0.2) is 4.68 Å². The molecule has 2 aromatic carbocycles. The average Bonchev–Trinajstić information content (AvgIpc) is 3.04. The summed E-state index contributed by atoms with van der Waals surface area (Å²) in [5, 5.41) is 5.49. The monoisotopic (exact) mass is 443 g/mol. The van der Waals surface area contributed by atoms with E-state index >= 15 is 0 Å².